The van der Waals surface area contributed by atoms with E-state index in [0.29, 0.717) is 66.1 Å². The summed E-state index contributed by atoms with van der Waals surface area (Å²) < 4.78 is 41.1. The van der Waals surface area contributed by atoms with Crippen LogP contribution in [-0.4, -0.2) is 90.5 Å². The number of hydrogen-bond donors (Lipinski definition) is 0. The van der Waals surface area contributed by atoms with Crippen molar-refractivity contribution in [2.75, 3.05) is 66.1 Å². The maximum absolute atomic E-state index is 6.06. The molecular formula is C22H40O7. The second-order valence-corrected chi connectivity index (χ2v) is 8.04. The molecule has 3 aliphatic rings. The van der Waals surface area contributed by atoms with Crippen LogP contribution in [0.2, 0.25) is 0 Å². The van der Waals surface area contributed by atoms with E-state index in [0.717, 1.165) is 25.7 Å². The van der Waals surface area contributed by atoms with E-state index in [2.05, 4.69) is 0 Å². The molecule has 0 amide bonds. The van der Waals surface area contributed by atoms with E-state index in [4.69, 9.17) is 33.2 Å². The SMILES string of the molecule is C1CCC2OCCOCCOC3CCCCC3OCCOCCOCCOC2C1. The van der Waals surface area contributed by atoms with Crippen LogP contribution in [0.3, 0.4) is 0 Å². The van der Waals surface area contributed by atoms with Gasteiger partial charge in [0.2, 0.25) is 0 Å². The summed E-state index contributed by atoms with van der Waals surface area (Å²) in [4.78, 5) is 0. The molecule has 7 nitrogen and oxygen atoms in total. The zero-order chi connectivity index (χ0) is 20.0. The number of rotatable bonds is 0. The molecule has 2 aliphatic carbocycles. The molecule has 4 atom stereocenters. The van der Waals surface area contributed by atoms with E-state index < -0.39 is 0 Å². The van der Waals surface area contributed by atoms with Gasteiger partial charge in [0.1, 0.15) is 0 Å². The van der Waals surface area contributed by atoms with Crippen LogP contribution in [0.15, 0.2) is 0 Å². The van der Waals surface area contributed by atoms with Crippen LogP contribution in [0.4, 0.5) is 0 Å². The maximum atomic E-state index is 6.06. The molecule has 0 aromatic rings. The molecule has 170 valence electrons. The van der Waals surface area contributed by atoms with Gasteiger partial charge in [-0.15, -0.1) is 0 Å². The molecule has 0 spiro atoms. The molecule has 4 unspecified atom stereocenters. The summed E-state index contributed by atoms with van der Waals surface area (Å²) in [6.07, 6.45) is 9.74. The van der Waals surface area contributed by atoms with Crippen molar-refractivity contribution >= 4 is 0 Å². The van der Waals surface area contributed by atoms with Crippen molar-refractivity contribution < 1.29 is 33.2 Å². The highest BCUT2D eigenvalue weighted by molar-refractivity contribution is 4.77. The first kappa shape index (κ1) is 23.4. The summed E-state index contributed by atoms with van der Waals surface area (Å²) in [5.74, 6) is 0. The van der Waals surface area contributed by atoms with Crippen molar-refractivity contribution in [3.05, 3.63) is 0 Å². The molecule has 0 radical (unpaired) electrons. The van der Waals surface area contributed by atoms with Crippen LogP contribution < -0.4 is 0 Å². The third kappa shape index (κ3) is 9.17. The Bertz CT molecular complexity index is 373. The Balaban J connectivity index is 1.41. The molecule has 3 rings (SSSR count). The standard InChI is InChI=1S/C22H40O7/c1-3-7-21-19(5-1)26-15-11-23-9-10-24-12-16-27-20-6-2-4-8-22(20)29-18-14-25-13-17-28-21/h19-22H,1-18H2. The summed E-state index contributed by atoms with van der Waals surface area (Å²) in [6, 6.07) is 0. The number of hydrogen-bond acceptors (Lipinski definition) is 7. The van der Waals surface area contributed by atoms with E-state index in [1.807, 2.05) is 0 Å². The second-order valence-electron chi connectivity index (χ2n) is 8.04. The van der Waals surface area contributed by atoms with Crippen molar-refractivity contribution in [3.8, 4) is 0 Å². The van der Waals surface area contributed by atoms with Crippen molar-refractivity contribution in [2.45, 2.75) is 75.8 Å². The van der Waals surface area contributed by atoms with Gasteiger partial charge in [-0.2, -0.15) is 0 Å². The summed E-state index contributed by atoms with van der Waals surface area (Å²) in [5, 5.41) is 0. The topological polar surface area (TPSA) is 64.6 Å². The van der Waals surface area contributed by atoms with Gasteiger partial charge in [-0.3, -0.25) is 0 Å². The summed E-state index contributed by atoms with van der Waals surface area (Å²) in [7, 11) is 0. The lowest BCUT2D eigenvalue weighted by molar-refractivity contribution is -0.117. The fraction of sp³-hybridized carbons (Fsp3) is 1.00. The average molecular weight is 417 g/mol. The molecular weight excluding hydrogens is 376 g/mol. The Morgan fingerprint density at radius 3 is 0.828 bits per heavy atom. The lowest BCUT2D eigenvalue weighted by atomic mass is 9.94. The zero-order valence-corrected chi connectivity index (χ0v) is 17.9. The van der Waals surface area contributed by atoms with Crippen molar-refractivity contribution in [1.82, 2.24) is 0 Å². The van der Waals surface area contributed by atoms with Gasteiger partial charge in [0.25, 0.3) is 0 Å². The minimum absolute atomic E-state index is 0.168. The molecule has 1 saturated heterocycles. The molecule has 1 heterocycles. The van der Waals surface area contributed by atoms with Gasteiger partial charge in [0, 0.05) is 0 Å². The number of fused-ring (bicyclic) bond motifs is 2. The van der Waals surface area contributed by atoms with Crippen molar-refractivity contribution in [3.63, 3.8) is 0 Å². The smallest absolute Gasteiger partial charge is 0.0837 e. The molecule has 0 aromatic heterocycles. The lowest BCUT2D eigenvalue weighted by Gasteiger charge is -2.31. The van der Waals surface area contributed by atoms with Crippen LogP contribution in [0.25, 0.3) is 0 Å². The van der Waals surface area contributed by atoms with Crippen LogP contribution in [0.1, 0.15) is 51.4 Å². The Morgan fingerprint density at radius 2 is 0.552 bits per heavy atom. The monoisotopic (exact) mass is 416 g/mol. The van der Waals surface area contributed by atoms with Crippen molar-refractivity contribution in [1.29, 1.82) is 0 Å². The largest absolute Gasteiger partial charge is 0.377 e. The molecule has 1 aliphatic heterocycles. The van der Waals surface area contributed by atoms with Crippen molar-refractivity contribution in [2.24, 2.45) is 0 Å². The molecule has 29 heavy (non-hydrogen) atoms. The highest BCUT2D eigenvalue weighted by atomic mass is 16.6. The van der Waals surface area contributed by atoms with Gasteiger partial charge in [-0.05, 0) is 25.7 Å². The van der Waals surface area contributed by atoms with E-state index >= 15 is 0 Å². The lowest BCUT2D eigenvalue weighted by Crippen LogP contribution is -2.36. The summed E-state index contributed by atoms with van der Waals surface area (Å²) in [5.41, 5.74) is 0. The van der Waals surface area contributed by atoms with Crippen LogP contribution >= 0.6 is 0 Å². The van der Waals surface area contributed by atoms with E-state index in [1.165, 1.54) is 25.7 Å². The Labute approximate surface area is 175 Å². The van der Waals surface area contributed by atoms with E-state index in [9.17, 15) is 0 Å². The van der Waals surface area contributed by atoms with E-state index in [1.54, 1.807) is 0 Å². The van der Waals surface area contributed by atoms with Gasteiger partial charge in [-0.1, -0.05) is 25.7 Å². The highest BCUT2D eigenvalue weighted by Crippen LogP contribution is 2.25. The van der Waals surface area contributed by atoms with Crippen LogP contribution in [0, 0.1) is 0 Å². The Hall–Kier alpha value is -0.280. The maximum Gasteiger partial charge on any atom is 0.0837 e. The van der Waals surface area contributed by atoms with Gasteiger partial charge in [0.15, 0.2) is 0 Å². The van der Waals surface area contributed by atoms with Gasteiger partial charge in [0.05, 0.1) is 90.5 Å². The Morgan fingerprint density at radius 1 is 0.310 bits per heavy atom. The Kier molecular flexibility index (Phi) is 11.8. The zero-order valence-electron chi connectivity index (χ0n) is 17.9. The summed E-state index contributed by atoms with van der Waals surface area (Å²) >= 11 is 0. The second kappa shape index (κ2) is 14.7. The first-order chi connectivity index (χ1) is 14.4. The third-order valence-corrected chi connectivity index (χ3v) is 5.89. The first-order valence-electron chi connectivity index (χ1n) is 11.6. The molecule has 3 fully saturated rings. The average Bonchev–Trinajstić information content (AvgIpc) is 2.75. The molecule has 0 bridgehead atoms. The predicted octanol–water partition coefficient (Wildman–Crippen LogP) is 2.74. The van der Waals surface area contributed by atoms with E-state index in [-0.39, 0.29) is 24.4 Å². The highest BCUT2D eigenvalue weighted by Gasteiger charge is 2.27. The van der Waals surface area contributed by atoms with Crippen LogP contribution in [-0.2, 0) is 33.2 Å². The molecule has 0 aromatic carbocycles. The fourth-order valence-corrected chi connectivity index (χ4v) is 4.35. The normalized spacial score (nSPS) is 35.6. The quantitative estimate of drug-likeness (QED) is 0.602. The van der Waals surface area contributed by atoms with Gasteiger partial charge >= 0.3 is 0 Å². The minimum Gasteiger partial charge on any atom is -0.377 e. The minimum atomic E-state index is 0.168. The fourth-order valence-electron chi connectivity index (χ4n) is 4.35. The summed E-state index contributed by atoms with van der Waals surface area (Å²) in [6.45, 7) is 5.95. The van der Waals surface area contributed by atoms with Gasteiger partial charge in [-0.25, -0.2) is 0 Å². The molecule has 0 N–H and O–H groups in total. The predicted molar refractivity (Wildman–Crippen MR) is 108 cm³/mol. The third-order valence-electron chi connectivity index (χ3n) is 5.89. The molecule has 2 saturated carbocycles. The molecule has 7 heteroatoms. The van der Waals surface area contributed by atoms with Crippen LogP contribution in [0.5, 0.6) is 0 Å². The first-order valence-corrected chi connectivity index (χ1v) is 11.6. The number of ether oxygens (including phenoxy) is 7. The van der Waals surface area contributed by atoms with Gasteiger partial charge < -0.3 is 33.2 Å².